The van der Waals surface area contributed by atoms with Gasteiger partial charge in [0.25, 0.3) is 0 Å². The molecule has 8 heteroatoms. The molecule has 0 aliphatic carbocycles. The first-order valence-corrected chi connectivity index (χ1v) is 7.57. The molecule has 0 saturated carbocycles. The summed E-state index contributed by atoms with van der Waals surface area (Å²) < 4.78 is 39.7. The first kappa shape index (κ1) is 16.5. The molecule has 2 aromatic rings. The molecule has 0 radical (unpaired) electrons. The predicted molar refractivity (Wildman–Crippen MR) is 82.5 cm³/mol. The van der Waals surface area contributed by atoms with Crippen molar-refractivity contribution in [1.82, 2.24) is 4.98 Å². The molecule has 2 N–H and O–H groups in total. The molecule has 0 atom stereocenters. The fraction of sp³-hybridized carbons (Fsp3) is 0.375. The first-order valence-electron chi connectivity index (χ1n) is 7.57. The van der Waals surface area contributed by atoms with Crippen LogP contribution in [0.25, 0.3) is 10.9 Å². The Bertz CT molecular complexity index is 784. The van der Waals surface area contributed by atoms with E-state index in [9.17, 15) is 23.1 Å². The molecule has 1 aliphatic heterocycles. The zero-order chi connectivity index (χ0) is 17.5. The Morgan fingerprint density at radius 3 is 2.54 bits per heavy atom. The van der Waals surface area contributed by atoms with Crippen molar-refractivity contribution in [3.05, 3.63) is 35.5 Å². The molecule has 1 aromatic heterocycles. The molecular weight excluding hydrogens is 323 g/mol. The summed E-state index contributed by atoms with van der Waals surface area (Å²) in [6.07, 6.45) is -3.51. The van der Waals surface area contributed by atoms with Crippen LogP contribution < -0.4 is 9.80 Å². The molecule has 2 heterocycles. The second-order valence-corrected chi connectivity index (χ2v) is 5.97. The lowest BCUT2D eigenvalue weighted by Crippen LogP contribution is -3.12. The Labute approximate surface area is 136 Å². The van der Waals surface area contributed by atoms with Gasteiger partial charge in [-0.15, -0.1) is 0 Å². The van der Waals surface area contributed by atoms with Crippen molar-refractivity contribution >= 4 is 22.6 Å². The lowest BCUT2D eigenvalue weighted by Gasteiger charge is -2.33. The van der Waals surface area contributed by atoms with Crippen LogP contribution in [-0.2, 0) is 6.18 Å². The van der Waals surface area contributed by atoms with Gasteiger partial charge in [-0.3, -0.25) is 4.98 Å². The molecule has 3 rings (SSSR count). The van der Waals surface area contributed by atoms with E-state index in [-0.39, 0.29) is 16.5 Å². The number of nitrogens with one attached hydrogen (secondary N) is 1. The van der Waals surface area contributed by atoms with Gasteiger partial charge >= 0.3 is 12.1 Å². The summed E-state index contributed by atoms with van der Waals surface area (Å²) in [5.74, 6) is -1.19. The lowest BCUT2D eigenvalue weighted by molar-refractivity contribution is -0.880. The number of pyridine rings is 1. The van der Waals surface area contributed by atoms with Crippen LogP contribution in [0, 0.1) is 0 Å². The van der Waals surface area contributed by atoms with Crippen LogP contribution in [0.4, 0.5) is 18.9 Å². The maximum atomic E-state index is 13.2. The van der Waals surface area contributed by atoms with Crippen molar-refractivity contribution in [3.63, 3.8) is 0 Å². The normalized spacial score (nSPS) is 16.6. The molecule has 1 aromatic carbocycles. The summed E-state index contributed by atoms with van der Waals surface area (Å²) in [4.78, 5) is 18.5. The third kappa shape index (κ3) is 2.89. The van der Waals surface area contributed by atoms with Gasteiger partial charge < -0.3 is 14.9 Å². The first-order chi connectivity index (χ1) is 11.3. The second-order valence-electron chi connectivity index (χ2n) is 5.97. The van der Waals surface area contributed by atoms with Gasteiger partial charge in [0.2, 0.25) is 0 Å². The van der Waals surface area contributed by atoms with Crippen molar-refractivity contribution in [2.75, 3.05) is 38.1 Å². The van der Waals surface area contributed by atoms with Crippen molar-refractivity contribution in [3.8, 4) is 0 Å². The highest BCUT2D eigenvalue weighted by Crippen LogP contribution is 2.38. The number of aromatic nitrogens is 1. The number of carbonyl (C=O) groups is 1. The fourth-order valence-electron chi connectivity index (χ4n) is 3.05. The Morgan fingerprint density at radius 2 is 1.96 bits per heavy atom. The highest BCUT2D eigenvalue weighted by atomic mass is 19.4. The number of rotatable bonds is 2. The van der Waals surface area contributed by atoms with E-state index < -0.39 is 17.7 Å². The van der Waals surface area contributed by atoms with Gasteiger partial charge in [-0.25, -0.2) is 4.79 Å². The van der Waals surface area contributed by atoms with E-state index in [1.54, 1.807) is 0 Å². The number of para-hydroxylation sites is 1. The van der Waals surface area contributed by atoms with Crippen LogP contribution in [-0.4, -0.2) is 49.3 Å². The number of fused-ring (bicyclic) bond motifs is 1. The number of quaternary nitrogens is 1. The molecule has 128 valence electrons. The molecule has 1 fully saturated rings. The van der Waals surface area contributed by atoms with Crippen molar-refractivity contribution in [2.45, 2.75) is 6.18 Å². The number of likely N-dealkylation sites (N-methyl/N-ethyl adjacent to an activating group) is 1. The summed E-state index contributed by atoms with van der Waals surface area (Å²) in [6.45, 7) is 2.76. The minimum Gasteiger partial charge on any atom is -0.478 e. The molecule has 0 amide bonds. The maximum absolute atomic E-state index is 13.2. The minimum atomic E-state index is -4.54. The predicted octanol–water partition coefficient (Wildman–Crippen LogP) is 1.29. The van der Waals surface area contributed by atoms with E-state index >= 15 is 0 Å². The van der Waals surface area contributed by atoms with Gasteiger partial charge in [0, 0.05) is 11.6 Å². The number of halogens is 3. The van der Waals surface area contributed by atoms with E-state index in [1.165, 1.54) is 17.0 Å². The monoisotopic (exact) mass is 340 g/mol. The number of piperazine rings is 1. The van der Waals surface area contributed by atoms with Crippen molar-refractivity contribution < 1.29 is 28.0 Å². The van der Waals surface area contributed by atoms with Gasteiger partial charge in [0.05, 0.1) is 50.0 Å². The lowest BCUT2D eigenvalue weighted by atomic mass is 10.0. The zero-order valence-corrected chi connectivity index (χ0v) is 13.0. The molecule has 0 spiro atoms. The van der Waals surface area contributed by atoms with Crippen molar-refractivity contribution in [2.24, 2.45) is 0 Å². The number of carboxylic acid groups (broad SMARTS) is 1. The van der Waals surface area contributed by atoms with Gasteiger partial charge in [0.1, 0.15) is 5.56 Å². The number of anilines is 1. The van der Waals surface area contributed by atoms with Crippen LogP contribution in [0.5, 0.6) is 0 Å². The smallest absolute Gasteiger partial charge is 0.418 e. The number of hydrogen-bond donors (Lipinski definition) is 2. The average molecular weight is 340 g/mol. The number of nitrogens with zero attached hydrogens (tertiary/aromatic N) is 2. The number of aromatic carboxylic acids is 1. The van der Waals surface area contributed by atoms with Gasteiger partial charge in [-0.05, 0) is 6.07 Å². The third-order valence-corrected chi connectivity index (χ3v) is 4.34. The van der Waals surface area contributed by atoms with E-state index in [4.69, 9.17) is 0 Å². The Morgan fingerprint density at radius 1 is 1.29 bits per heavy atom. The molecule has 5 nitrogen and oxygen atoms in total. The van der Waals surface area contributed by atoms with Crippen LogP contribution in [0.1, 0.15) is 15.9 Å². The van der Waals surface area contributed by atoms with Crippen LogP contribution in [0.2, 0.25) is 0 Å². The fourth-order valence-corrected chi connectivity index (χ4v) is 3.05. The summed E-state index contributed by atoms with van der Waals surface area (Å²) in [5.41, 5.74) is -0.804. The largest absolute Gasteiger partial charge is 0.478 e. The Kier molecular flexibility index (Phi) is 4.08. The quantitative estimate of drug-likeness (QED) is 0.865. The van der Waals surface area contributed by atoms with E-state index in [1.807, 2.05) is 11.9 Å². The van der Waals surface area contributed by atoms with Crippen molar-refractivity contribution in [1.29, 1.82) is 0 Å². The second kappa shape index (κ2) is 5.94. The Balaban J connectivity index is 2.24. The molecule has 24 heavy (non-hydrogen) atoms. The van der Waals surface area contributed by atoms with Gasteiger partial charge in [0.15, 0.2) is 0 Å². The number of carboxylic acids is 1. The average Bonchev–Trinajstić information content (AvgIpc) is 2.53. The SMILES string of the molecule is C[NH+]1CCN(c2c(C(=O)O)cnc3c(C(F)(F)F)cccc23)CC1. The van der Waals surface area contributed by atoms with Gasteiger partial charge in [-0.2, -0.15) is 13.2 Å². The number of alkyl halides is 3. The molecule has 0 bridgehead atoms. The zero-order valence-electron chi connectivity index (χ0n) is 13.0. The van der Waals surface area contributed by atoms with E-state index in [0.717, 1.165) is 25.4 Å². The summed E-state index contributed by atoms with van der Waals surface area (Å²) in [5, 5.41) is 9.67. The standard InChI is InChI=1S/C16H16F3N3O2/c1-21-5-7-22(8-6-21)14-10-3-2-4-12(16(17,18)19)13(10)20-9-11(14)15(23)24/h2-4,9H,5-8H2,1H3,(H,23,24)/p+1. The van der Waals surface area contributed by atoms with Crippen LogP contribution >= 0.6 is 0 Å². The van der Waals surface area contributed by atoms with Crippen LogP contribution in [0.3, 0.4) is 0 Å². The number of hydrogen-bond acceptors (Lipinski definition) is 3. The minimum absolute atomic E-state index is 0.0682. The number of benzene rings is 1. The topological polar surface area (TPSA) is 57.9 Å². The van der Waals surface area contributed by atoms with Gasteiger partial charge in [-0.1, -0.05) is 12.1 Å². The summed E-state index contributed by atoms with van der Waals surface area (Å²) >= 11 is 0. The van der Waals surface area contributed by atoms with E-state index in [0.29, 0.717) is 18.8 Å². The maximum Gasteiger partial charge on any atom is 0.418 e. The van der Waals surface area contributed by atoms with Crippen LogP contribution in [0.15, 0.2) is 24.4 Å². The molecule has 1 saturated heterocycles. The highest BCUT2D eigenvalue weighted by molar-refractivity contribution is 6.05. The molecule has 0 unspecified atom stereocenters. The van der Waals surface area contributed by atoms with E-state index in [2.05, 4.69) is 4.98 Å². The Hall–Kier alpha value is -2.35. The summed E-state index contributed by atoms with van der Waals surface area (Å²) in [6, 6.07) is 3.77. The third-order valence-electron chi connectivity index (χ3n) is 4.34. The molecular formula is C16H17F3N3O2+. The summed E-state index contributed by atoms with van der Waals surface area (Å²) in [7, 11) is 2.03. The molecule has 1 aliphatic rings. The highest BCUT2D eigenvalue weighted by Gasteiger charge is 2.34.